The van der Waals surface area contributed by atoms with Crippen molar-refractivity contribution >= 4 is 17.9 Å². The molecule has 0 radical (unpaired) electrons. The topological polar surface area (TPSA) is 155 Å². The van der Waals surface area contributed by atoms with Crippen molar-refractivity contribution < 1.29 is 28.6 Å². The molecule has 0 saturated carbocycles. The van der Waals surface area contributed by atoms with E-state index in [1.807, 2.05) is 104 Å². The van der Waals surface area contributed by atoms with Crippen molar-refractivity contribution in [2.45, 2.75) is 193 Å². The zero-order chi connectivity index (χ0) is 41.1. The summed E-state index contributed by atoms with van der Waals surface area (Å²) >= 11 is 0. The highest BCUT2D eigenvalue weighted by atomic mass is 16.6. The number of carbonyl (C=O) groups excluding carboxylic acids is 3. The lowest BCUT2D eigenvalue weighted by Gasteiger charge is -2.53. The van der Waals surface area contributed by atoms with Gasteiger partial charge < -0.3 is 14.2 Å². The summed E-state index contributed by atoms with van der Waals surface area (Å²) < 4.78 is 19.1. The second-order valence-corrected chi connectivity index (χ2v) is 19.7. The first-order chi connectivity index (χ1) is 24.4. The maximum Gasteiger partial charge on any atom is 0.337 e. The predicted octanol–water partition coefficient (Wildman–Crippen LogP) is 2.76. The van der Waals surface area contributed by atoms with Gasteiger partial charge in [-0.25, -0.2) is 28.1 Å². The lowest BCUT2D eigenvalue weighted by Crippen LogP contribution is -2.61. The molecule has 15 nitrogen and oxygen atoms in total. The van der Waals surface area contributed by atoms with E-state index in [2.05, 4.69) is 14.7 Å². The molecular formula is C39H66N6O9. The average Bonchev–Trinajstić information content (AvgIpc) is 2.99. The monoisotopic (exact) mass is 762 g/mol. The van der Waals surface area contributed by atoms with Crippen LogP contribution in [0, 0.1) is 0 Å². The molecule has 0 aliphatic carbocycles. The fraction of sp³-hybridized carbons (Fsp3) is 0.846. The first-order valence-electron chi connectivity index (χ1n) is 19.1. The van der Waals surface area contributed by atoms with Crippen LogP contribution in [-0.2, 0) is 48.2 Å². The lowest BCUT2D eigenvalue weighted by atomic mass is 9.79. The van der Waals surface area contributed by atoms with Crippen LogP contribution in [-0.4, -0.2) is 119 Å². The number of likely N-dealkylation sites (tertiary alicyclic amines) is 3. The van der Waals surface area contributed by atoms with Crippen molar-refractivity contribution in [3.05, 3.63) is 31.5 Å². The highest BCUT2D eigenvalue weighted by molar-refractivity contribution is 5.71. The van der Waals surface area contributed by atoms with Gasteiger partial charge in [0.25, 0.3) is 0 Å². The second-order valence-electron chi connectivity index (χ2n) is 19.7. The molecule has 0 bridgehead atoms. The Morgan fingerprint density at radius 1 is 0.426 bits per heavy atom. The summed E-state index contributed by atoms with van der Waals surface area (Å²) in [7, 11) is 6.05. The van der Waals surface area contributed by atoms with E-state index in [-0.39, 0.29) is 33.2 Å². The molecule has 1 aromatic heterocycles. The number of piperidine rings is 3. The van der Waals surface area contributed by atoms with Crippen LogP contribution in [0.5, 0.6) is 0 Å². The number of ether oxygens (including phenoxy) is 3. The summed E-state index contributed by atoms with van der Waals surface area (Å²) in [6.07, 6.45) is 1.60. The molecule has 0 aromatic carbocycles. The van der Waals surface area contributed by atoms with E-state index < -0.39 is 72.9 Å². The van der Waals surface area contributed by atoms with Gasteiger partial charge in [-0.3, -0.25) is 29.1 Å². The molecule has 3 aliphatic rings. The van der Waals surface area contributed by atoms with Crippen LogP contribution in [0.25, 0.3) is 0 Å². The fourth-order valence-corrected chi connectivity index (χ4v) is 9.23. The molecule has 1 aromatic rings. The normalized spacial score (nSPS) is 24.5. The van der Waals surface area contributed by atoms with Crippen molar-refractivity contribution in [2.24, 2.45) is 0 Å². The number of rotatable bonds is 9. The van der Waals surface area contributed by atoms with E-state index in [0.29, 0.717) is 52.2 Å². The van der Waals surface area contributed by atoms with Crippen LogP contribution in [0.15, 0.2) is 14.4 Å². The Morgan fingerprint density at radius 3 is 0.759 bits per heavy atom. The van der Waals surface area contributed by atoms with Gasteiger partial charge in [0, 0.05) is 71.8 Å². The molecule has 0 N–H and O–H groups in total. The Labute approximate surface area is 319 Å². The largest absolute Gasteiger partial charge is 0.461 e. The Bertz CT molecular complexity index is 1510. The molecule has 0 spiro atoms. The number of hydrogen-bond donors (Lipinski definition) is 0. The third-order valence-corrected chi connectivity index (χ3v) is 13.0. The summed E-state index contributed by atoms with van der Waals surface area (Å²) in [5.74, 6) is -2.57. The smallest absolute Gasteiger partial charge is 0.337 e. The first-order valence-corrected chi connectivity index (χ1v) is 19.1. The Kier molecular flexibility index (Phi) is 11.8. The summed E-state index contributed by atoms with van der Waals surface area (Å²) in [6.45, 7) is 22.1. The molecule has 4 heterocycles. The van der Waals surface area contributed by atoms with E-state index in [1.54, 1.807) is 0 Å². The Morgan fingerprint density at radius 2 is 0.593 bits per heavy atom. The third kappa shape index (κ3) is 9.04. The quantitative estimate of drug-likeness (QED) is 0.269. The molecule has 4 rings (SSSR count). The number of hydrogen-bond acceptors (Lipinski definition) is 12. The average molecular weight is 763 g/mol. The maximum atomic E-state index is 13.9. The number of aromatic nitrogens is 3. The molecule has 3 saturated heterocycles. The van der Waals surface area contributed by atoms with E-state index >= 15 is 0 Å². The van der Waals surface area contributed by atoms with Gasteiger partial charge in [-0.15, -0.1) is 0 Å². The highest BCUT2D eigenvalue weighted by Gasteiger charge is 2.47. The molecule has 0 atom stereocenters. The van der Waals surface area contributed by atoms with E-state index in [9.17, 15) is 28.8 Å². The van der Waals surface area contributed by atoms with Gasteiger partial charge in [-0.2, -0.15) is 0 Å². The SMILES string of the molecule is CN1C(C)(C)CC(OC(=O)Cn2c(=O)n(CC(=O)OC3CC(C)(C)N(C)C(C)(C)C3)c(=O)n(CC(=O)OC3CC(C)(C)N(C)C(C)(C)C3)c2=O)CC1(C)C. The molecular weight excluding hydrogens is 696 g/mol. The van der Waals surface area contributed by atoms with Crippen LogP contribution in [0.2, 0.25) is 0 Å². The van der Waals surface area contributed by atoms with Gasteiger partial charge in [-0.1, -0.05) is 0 Å². The van der Waals surface area contributed by atoms with Crippen LogP contribution < -0.4 is 17.1 Å². The van der Waals surface area contributed by atoms with Gasteiger partial charge in [0.1, 0.15) is 37.9 Å². The van der Waals surface area contributed by atoms with Gasteiger partial charge >= 0.3 is 35.0 Å². The standard InChI is InChI=1S/C39H66N6O9/c1-34(2)16-25(17-35(3,4)40(34)13)52-28(46)22-43-31(49)44(23-29(47)53-26-18-36(5,6)41(14)37(7,8)19-26)33(51)45(32(43)50)24-30(48)54-27-20-38(9,10)42(15)39(11,12)21-27/h25-27H,16-24H2,1-15H3. The van der Waals surface area contributed by atoms with Crippen molar-refractivity contribution in [2.75, 3.05) is 21.1 Å². The zero-order valence-electron chi connectivity index (χ0n) is 35.5. The molecule has 15 heteroatoms. The third-order valence-electron chi connectivity index (χ3n) is 13.0. The van der Waals surface area contributed by atoms with Crippen LogP contribution >= 0.6 is 0 Å². The summed E-state index contributed by atoms with van der Waals surface area (Å²) in [4.78, 5) is 88.6. The summed E-state index contributed by atoms with van der Waals surface area (Å²) in [6, 6.07) is 0. The van der Waals surface area contributed by atoms with Crippen molar-refractivity contribution in [3.63, 3.8) is 0 Å². The number of esters is 3. The molecule has 3 aliphatic heterocycles. The van der Waals surface area contributed by atoms with Gasteiger partial charge in [-0.05, 0) is 104 Å². The molecule has 54 heavy (non-hydrogen) atoms. The molecule has 0 unspecified atom stereocenters. The minimum atomic E-state index is -1.18. The van der Waals surface area contributed by atoms with E-state index in [4.69, 9.17) is 14.2 Å². The van der Waals surface area contributed by atoms with Crippen molar-refractivity contribution in [1.82, 2.24) is 28.4 Å². The van der Waals surface area contributed by atoms with Crippen LogP contribution in [0.4, 0.5) is 0 Å². The summed E-state index contributed by atoms with van der Waals surface area (Å²) in [5, 5.41) is 0. The van der Waals surface area contributed by atoms with Gasteiger partial charge in [0.05, 0.1) is 0 Å². The highest BCUT2D eigenvalue weighted by Crippen LogP contribution is 2.40. The van der Waals surface area contributed by atoms with E-state index in [0.717, 1.165) is 0 Å². The lowest BCUT2D eigenvalue weighted by molar-refractivity contribution is -0.160. The first kappa shape index (κ1) is 43.4. The molecule has 306 valence electrons. The minimum Gasteiger partial charge on any atom is -0.461 e. The van der Waals surface area contributed by atoms with Crippen molar-refractivity contribution in [3.8, 4) is 0 Å². The van der Waals surface area contributed by atoms with Crippen LogP contribution in [0.1, 0.15) is 122 Å². The van der Waals surface area contributed by atoms with E-state index in [1.165, 1.54) is 0 Å². The van der Waals surface area contributed by atoms with Crippen LogP contribution in [0.3, 0.4) is 0 Å². The Hall–Kier alpha value is -3.30. The predicted molar refractivity (Wildman–Crippen MR) is 204 cm³/mol. The molecule has 3 fully saturated rings. The fourth-order valence-electron chi connectivity index (χ4n) is 9.23. The molecule has 0 amide bonds. The maximum absolute atomic E-state index is 13.9. The minimum absolute atomic E-state index is 0.305. The zero-order valence-corrected chi connectivity index (χ0v) is 35.5. The van der Waals surface area contributed by atoms with Gasteiger partial charge in [0.15, 0.2) is 0 Å². The summed E-state index contributed by atoms with van der Waals surface area (Å²) in [5.41, 5.74) is -5.38. The van der Waals surface area contributed by atoms with Gasteiger partial charge in [0.2, 0.25) is 0 Å². The number of carbonyl (C=O) groups is 3. The van der Waals surface area contributed by atoms with Crippen molar-refractivity contribution in [1.29, 1.82) is 0 Å². The number of nitrogens with zero attached hydrogens (tertiary/aromatic N) is 6. The Balaban J connectivity index is 1.65. The second kappa shape index (κ2) is 14.6.